The van der Waals surface area contributed by atoms with Gasteiger partial charge in [-0.3, -0.25) is 9.59 Å². The van der Waals surface area contributed by atoms with Gasteiger partial charge in [-0.25, -0.2) is 0 Å². The summed E-state index contributed by atoms with van der Waals surface area (Å²) >= 11 is 0. The number of nitrogens with one attached hydrogen (secondary N) is 2. The number of carbonyl (C=O) groups excluding carboxylic acids is 2. The van der Waals surface area contributed by atoms with Crippen LogP contribution in [0.4, 0.5) is 11.4 Å². The highest BCUT2D eigenvalue weighted by atomic mass is 33.1. The predicted octanol–water partition coefficient (Wildman–Crippen LogP) is 2.30. The standard InChI is InChI=1S/C18H22N4O2S2/c19-15(17(23)21-13-7-3-1-4-8-13)11-25-26-12-16(20)18(24)22-14-9-5-2-6-10-14/h1-10,15-16H,11-12,19-20H2,(H,21,23)(H,22,24)/t15-,16?/m1/s1. The molecule has 1 unspecified atom stereocenters. The molecule has 2 aromatic carbocycles. The molecule has 0 heterocycles. The summed E-state index contributed by atoms with van der Waals surface area (Å²) in [5, 5.41) is 5.52. The first-order chi connectivity index (χ1) is 12.6. The Morgan fingerprint density at radius 3 is 1.42 bits per heavy atom. The van der Waals surface area contributed by atoms with E-state index in [1.165, 1.54) is 21.6 Å². The molecular formula is C18H22N4O2S2. The number of carbonyl (C=O) groups is 2. The van der Waals surface area contributed by atoms with E-state index in [0.717, 1.165) is 0 Å². The summed E-state index contributed by atoms with van der Waals surface area (Å²) in [5.74, 6) is 0.373. The van der Waals surface area contributed by atoms with E-state index in [1.807, 2.05) is 36.4 Å². The first-order valence-electron chi connectivity index (χ1n) is 8.03. The van der Waals surface area contributed by atoms with Crippen molar-refractivity contribution in [2.24, 2.45) is 11.5 Å². The molecular weight excluding hydrogens is 368 g/mol. The molecule has 8 heteroatoms. The number of benzene rings is 2. The average molecular weight is 391 g/mol. The second-order valence-corrected chi connectivity index (χ2v) is 8.04. The van der Waals surface area contributed by atoms with Gasteiger partial charge in [0.25, 0.3) is 0 Å². The van der Waals surface area contributed by atoms with Crippen molar-refractivity contribution in [3.8, 4) is 0 Å². The number of anilines is 2. The van der Waals surface area contributed by atoms with Gasteiger partial charge >= 0.3 is 0 Å². The number of hydrogen-bond donors (Lipinski definition) is 4. The SMILES string of the molecule is NC(CSSC[C@@H](N)C(=O)Nc1ccccc1)C(=O)Nc1ccccc1. The molecule has 2 atom stereocenters. The van der Waals surface area contributed by atoms with Crippen LogP contribution in [0.5, 0.6) is 0 Å². The summed E-state index contributed by atoms with van der Waals surface area (Å²) in [6.45, 7) is 0. The molecule has 0 aliphatic heterocycles. The number of nitrogens with two attached hydrogens (primary N) is 2. The van der Waals surface area contributed by atoms with Gasteiger partial charge in [-0.2, -0.15) is 0 Å². The van der Waals surface area contributed by atoms with Gasteiger partial charge in [0.2, 0.25) is 11.8 Å². The van der Waals surface area contributed by atoms with Gasteiger partial charge in [-0.1, -0.05) is 58.0 Å². The summed E-state index contributed by atoms with van der Waals surface area (Å²) in [6.07, 6.45) is 0. The van der Waals surface area contributed by atoms with Crippen LogP contribution < -0.4 is 22.1 Å². The van der Waals surface area contributed by atoms with Gasteiger partial charge in [0.1, 0.15) is 0 Å². The summed E-state index contributed by atoms with van der Waals surface area (Å²) in [4.78, 5) is 24.0. The van der Waals surface area contributed by atoms with Gasteiger partial charge in [0.05, 0.1) is 12.1 Å². The minimum atomic E-state index is -0.637. The van der Waals surface area contributed by atoms with Crippen LogP contribution in [0, 0.1) is 0 Å². The molecule has 2 amide bonds. The molecule has 0 saturated heterocycles. The van der Waals surface area contributed by atoms with Crippen molar-refractivity contribution in [3.05, 3.63) is 60.7 Å². The Hall–Kier alpha value is -2.00. The molecule has 6 nitrogen and oxygen atoms in total. The molecule has 0 aromatic heterocycles. The van der Waals surface area contributed by atoms with Crippen molar-refractivity contribution in [2.45, 2.75) is 12.1 Å². The van der Waals surface area contributed by atoms with Crippen molar-refractivity contribution in [2.75, 3.05) is 22.1 Å². The summed E-state index contributed by atoms with van der Waals surface area (Å²) in [7, 11) is 2.85. The van der Waals surface area contributed by atoms with Crippen LogP contribution in [0.1, 0.15) is 0 Å². The largest absolute Gasteiger partial charge is 0.325 e. The summed E-state index contributed by atoms with van der Waals surface area (Å²) in [6, 6.07) is 17.0. The number of para-hydroxylation sites is 2. The molecule has 2 rings (SSSR count). The Morgan fingerprint density at radius 1 is 0.731 bits per heavy atom. The van der Waals surface area contributed by atoms with Crippen molar-refractivity contribution in [1.29, 1.82) is 0 Å². The van der Waals surface area contributed by atoms with Crippen LogP contribution in [0.15, 0.2) is 60.7 Å². The fraction of sp³-hybridized carbons (Fsp3) is 0.222. The van der Waals surface area contributed by atoms with E-state index in [-0.39, 0.29) is 11.8 Å². The topological polar surface area (TPSA) is 110 Å². The zero-order chi connectivity index (χ0) is 18.8. The van der Waals surface area contributed by atoms with Crippen LogP contribution >= 0.6 is 21.6 Å². The Bertz CT molecular complexity index is 639. The Balaban J connectivity index is 1.64. The smallest absolute Gasteiger partial charge is 0.242 e. The van der Waals surface area contributed by atoms with Crippen LogP contribution in [0.3, 0.4) is 0 Å². The number of amides is 2. The first-order valence-corrected chi connectivity index (χ1v) is 10.5. The average Bonchev–Trinajstić information content (AvgIpc) is 2.66. The lowest BCUT2D eigenvalue weighted by molar-refractivity contribution is -0.117. The normalized spacial score (nSPS) is 12.8. The highest BCUT2D eigenvalue weighted by Crippen LogP contribution is 2.22. The monoisotopic (exact) mass is 390 g/mol. The highest BCUT2D eigenvalue weighted by molar-refractivity contribution is 8.76. The van der Waals surface area contributed by atoms with Gasteiger partial charge < -0.3 is 22.1 Å². The molecule has 6 N–H and O–H groups in total. The molecule has 0 spiro atoms. The molecule has 2 aromatic rings. The first kappa shape index (κ1) is 20.3. The molecule has 0 bridgehead atoms. The second-order valence-electron chi connectivity index (χ2n) is 5.49. The predicted molar refractivity (Wildman–Crippen MR) is 111 cm³/mol. The van der Waals surface area contributed by atoms with E-state index in [4.69, 9.17) is 11.5 Å². The molecule has 0 saturated carbocycles. The van der Waals surface area contributed by atoms with Gasteiger partial charge in [0, 0.05) is 22.9 Å². The summed E-state index contributed by atoms with van der Waals surface area (Å²) < 4.78 is 0. The Morgan fingerprint density at radius 2 is 1.08 bits per heavy atom. The van der Waals surface area contributed by atoms with Crippen molar-refractivity contribution in [3.63, 3.8) is 0 Å². The second kappa shape index (κ2) is 10.9. The van der Waals surface area contributed by atoms with E-state index in [9.17, 15) is 9.59 Å². The van der Waals surface area contributed by atoms with Gasteiger partial charge in [-0.15, -0.1) is 0 Å². The highest BCUT2D eigenvalue weighted by Gasteiger charge is 2.16. The number of hydrogen-bond acceptors (Lipinski definition) is 6. The third-order valence-corrected chi connectivity index (χ3v) is 5.81. The van der Waals surface area contributed by atoms with Gasteiger partial charge in [-0.05, 0) is 24.3 Å². The Kier molecular flexibility index (Phi) is 8.49. The molecule has 0 aliphatic carbocycles. The lowest BCUT2D eigenvalue weighted by atomic mass is 10.3. The fourth-order valence-electron chi connectivity index (χ4n) is 1.91. The lowest BCUT2D eigenvalue weighted by Gasteiger charge is -2.13. The van der Waals surface area contributed by atoms with E-state index < -0.39 is 12.1 Å². The van der Waals surface area contributed by atoms with Crippen LogP contribution in [0.2, 0.25) is 0 Å². The van der Waals surface area contributed by atoms with Gasteiger partial charge in [0.15, 0.2) is 0 Å². The quantitative estimate of drug-likeness (QED) is 0.386. The Labute approximate surface area is 160 Å². The van der Waals surface area contributed by atoms with Crippen molar-refractivity contribution in [1.82, 2.24) is 0 Å². The minimum Gasteiger partial charge on any atom is -0.325 e. The fourth-order valence-corrected chi connectivity index (χ4v) is 4.15. The van der Waals surface area contributed by atoms with Crippen LogP contribution in [-0.4, -0.2) is 35.4 Å². The third kappa shape index (κ3) is 7.09. The molecule has 0 fully saturated rings. The molecule has 138 valence electrons. The van der Waals surface area contributed by atoms with Crippen LogP contribution in [0.25, 0.3) is 0 Å². The van der Waals surface area contributed by atoms with E-state index >= 15 is 0 Å². The van der Waals surface area contributed by atoms with Crippen LogP contribution in [-0.2, 0) is 9.59 Å². The van der Waals surface area contributed by atoms with Crippen molar-refractivity contribution < 1.29 is 9.59 Å². The maximum absolute atomic E-state index is 12.0. The molecule has 0 radical (unpaired) electrons. The van der Waals surface area contributed by atoms with E-state index in [1.54, 1.807) is 24.3 Å². The van der Waals surface area contributed by atoms with E-state index in [2.05, 4.69) is 10.6 Å². The lowest BCUT2D eigenvalue weighted by Crippen LogP contribution is -2.38. The molecule has 0 aliphatic rings. The van der Waals surface area contributed by atoms with E-state index in [0.29, 0.717) is 22.9 Å². The number of rotatable bonds is 9. The minimum absolute atomic E-state index is 0.240. The molecule has 26 heavy (non-hydrogen) atoms. The zero-order valence-electron chi connectivity index (χ0n) is 14.1. The summed E-state index contributed by atoms with van der Waals surface area (Å²) in [5.41, 5.74) is 13.2. The maximum Gasteiger partial charge on any atom is 0.242 e. The maximum atomic E-state index is 12.0. The third-order valence-electron chi connectivity index (χ3n) is 3.33. The zero-order valence-corrected chi connectivity index (χ0v) is 15.8. The van der Waals surface area contributed by atoms with Crippen molar-refractivity contribution >= 4 is 44.8 Å².